The van der Waals surface area contributed by atoms with Gasteiger partial charge in [-0.15, -0.1) is 0 Å². The van der Waals surface area contributed by atoms with Gasteiger partial charge >= 0.3 is 0 Å². The highest BCUT2D eigenvalue weighted by molar-refractivity contribution is 7.80. The highest BCUT2D eigenvalue weighted by Gasteiger charge is 2.41. The van der Waals surface area contributed by atoms with Gasteiger partial charge in [-0.1, -0.05) is 31.2 Å². The van der Waals surface area contributed by atoms with Crippen molar-refractivity contribution in [1.82, 2.24) is 24.7 Å². The van der Waals surface area contributed by atoms with Gasteiger partial charge in [-0.2, -0.15) is 0 Å². The summed E-state index contributed by atoms with van der Waals surface area (Å²) in [6, 6.07) is 15.2. The zero-order chi connectivity index (χ0) is 24.4. The normalized spacial score (nSPS) is 18.1. The number of aryl methyl sites for hydroxylation is 3. The fraction of sp³-hybridized carbons (Fsp3) is 0.429. The average Bonchev–Trinajstić information content (AvgIpc) is 3.29. The highest BCUT2D eigenvalue weighted by Crippen LogP contribution is 2.42. The molecule has 1 aromatic carbocycles. The van der Waals surface area contributed by atoms with Gasteiger partial charge < -0.3 is 19.7 Å². The first-order valence-electron chi connectivity index (χ1n) is 12.2. The topological polar surface area (TPSA) is 36.3 Å². The second-order valence-corrected chi connectivity index (χ2v) is 9.96. The monoisotopic (exact) mass is 475 g/mol. The molecule has 3 aromatic rings. The fourth-order valence-corrected chi connectivity index (χ4v) is 5.63. The van der Waals surface area contributed by atoms with Crippen LogP contribution in [0.1, 0.15) is 59.2 Å². The minimum absolute atomic E-state index is 0.0181. The predicted octanol–water partition coefficient (Wildman–Crippen LogP) is 5.28. The van der Waals surface area contributed by atoms with Crippen LogP contribution in [0.2, 0.25) is 0 Å². The molecule has 5 nitrogen and oxygen atoms in total. The van der Waals surface area contributed by atoms with Crippen molar-refractivity contribution in [3.05, 3.63) is 82.4 Å². The zero-order valence-electron chi connectivity index (χ0n) is 21.3. The standard InChI is InChI=1S/C28H37N5S/c1-7-22-13-10-12-19(2)26(22)33-20(3)18-23(21(33)4)27-25(24-14-8-9-15-29-24)30-28(34)32(27)17-11-16-31(5)6/h8-10,12-15,18,25,27H,7,11,16-17H2,1-6H3,(H,30,34). The second-order valence-electron chi connectivity index (χ2n) is 9.57. The number of para-hydroxylation sites is 1. The van der Waals surface area contributed by atoms with Crippen molar-refractivity contribution in [3.63, 3.8) is 0 Å². The maximum atomic E-state index is 5.88. The number of aromatic nitrogens is 2. The van der Waals surface area contributed by atoms with E-state index in [0.29, 0.717) is 0 Å². The third kappa shape index (κ3) is 4.62. The van der Waals surface area contributed by atoms with Crippen molar-refractivity contribution < 1.29 is 0 Å². The van der Waals surface area contributed by atoms with Crippen LogP contribution in [-0.4, -0.2) is 51.6 Å². The third-order valence-corrected chi connectivity index (χ3v) is 7.27. The van der Waals surface area contributed by atoms with Crippen molar-refractivity contribution >= 4 is 17.3 Å². The van der Waals surface area contributed by atoms with Crippen LogP contribution in [0.25, 0.3) is 5.69 Å². The van der Waals surface area contributed by atoms with Crippen LogP contribution in [0.5, 0.6) is 0 Å². The number of benzene rings is 1. The summed E-state index contributed by atoms with van der Waals surface area (Å²) in [5, 5.41) is 4.42. The lowest BCUT2D eigenvalue weighted by molar-refractivity contribution is 0.292. The maximum Gasteiger partial charge on any atom is 0.170 e. The number of nitrogens with one attached hydrogen (secondary N) is 1. The minimum Gasteiger partial charge on any atom is -0.352 e. The Morgan fingerprint density at radius 3 is 2.56 bits per heavy atom. The van der Waals surface area contributed by atoms with Gasteiger partial charge in [0.15, 0.2) is 5.11 Å². The molecule has 1 fully saturated rings. The molecule has 180 valence electrons. The van der Waals surface area contributed by atoms with Crippen LogP contribution >= 0.6 is 12.2 Å². The smallest absolute Gasteiger partial charge is 0.170 e. The third-order valence-electron chi connectivity index (χ3n) is 6.92. The molecular formula is C28H37N5S. The first-order valence-corrected chi connectivity index (χ1v) is 12.6. The van der Waals surface area contributed by atoms with E-state index in [2.05, 4.69) is 97.9 Å². The van der Waals surface area contributed by atoms with E-state index in [-0.39, 0.29) is 12.1 Å². The molecule has 4 rings (SSSR count). The summed E-state index contributed by atoms with van der Waals surface area (Å²) in [7, 11) is 4.24. The summed E-state index contributed by atoms with van der Waals surface area (Å²) in [4.78, 5) is 9.32. The molecule has 0 amide bonds. The lowest BCUT2D eigenvalue weighted by atomic mass is 9.96. The number of hydrogen-bond acceptors (Lipinski definition) is 3. The van der Waals surface area contributed by atoms with E-state index in [4.69, 9.17) is 17.2 Å². The molecule has 1 N–H and O–H groups in total. The number of pyridine rings is 1. The van der Waals surface area contributed by atoms with E-state index in [1.54, 1.807) is 0 Å². The van der Waals surface area contributed by atoms with Gasteiger partial charge in [0.05, 0.1) is 23.5 Å². The minimum atomic E-state index is 0.0181. The zero-order valence-corrected chi connectivity index (χ0v) is 22.1. The van der Waals surface area contributed by atoms with E-state index >= 15 is 0 Å². The molecule has 1 aliphatic heterocycles. The van der Waals surface area contributed by atoms with Gasteiger partial charge in [-0.3, -0.25) is 4.98 Å². The molecule has 6 heteroatoms. The number of thiocarbonyl (C=S) groups is 1. The molecule has 2 unspecified atom stereocenters. The van der Waals surface area contributed by atoms with E-state index < -0.39 is 0 Å². The largest absolute Gasteiger partial charge is 0.352 e. The molecule has 1 saturated heterocycles. The number of rotatable bonds is 8. The molecule has 2 atom stereocenters. The summed E-state index contributed by atoms with van der Waals surface area (Å²) in [5.41, 5.74) is 8.86. The molecule has 3 heterocycles. The highest BCUT2D eigenvalue weighted by atomic mass is 32.1. The van der Waals surface area contributed by atoms with Crippen LogP contribution in [-0.2, 0) is 6.42 Å². The molecule has 0 aliphatic carbocycles. The van der Waals surface area contributed by atoms with Gasteiger partial charge in [0.2, 0.25) is 0 Å². The first kappa shape index (κ1) is 24.4. The summed E-state index contributed by atoms with van der Waals surface area (Å²) in [6.07, 6.45) is 3.93. The van der Waals surface area contributed by atoms with E-state index in [1.807, 2.05) is 12.3 Å². The molecule has 34 heavy (non-hydrogen) atoms. The molecular weight excluding hydrogens is 438 g/mol. The SMILES string of the molecule is CCc1cccc(C)c1-n1c(C)cc(C2C(c3ccccn3)NC(=S)N2CCCN(C)C)c1C. The summed E-state index contributed by atoms with van der Waals surface area (Å²) in [5.74, 6) is 0. The molecule has 0 radical (unpaired) electrons. The lowest BCUT2D eigenvalue weighted by Crippen LogP contribution is -2.32. The first-order chi connectivity index (χ1) is 16.3. The van der Waals surface area contributed by atoms with Crippen LogP contribution < -0.4 is 5.32 Å². The maximum absolute atomic E-state index is 5.88. The van der Waals surface area contributed by atoms with Crippen LogP contribution in [0.3, 0.4) is 0 Å². The fourth-order valence-electron chi connectivity index (χ4n) is 5.30. The van der Waals surface area contributed by atoms with Crippen LogP contribution in [0, 0.1) is 20.8 Å². The Kier molecular flexibility index (Phi) is 7.39. The summed E-state index contributed by atoms with van der Waals surface area (Å²) >= 11 is 5.88. The van der Waals surface area contributed by atoms with Crippen LogP contribution in [0.15, 0.2) is 48.7 Å². The second kappa shape index (κ2) is 10.3. The Balaban J connectivity index is 1.82. The Labute approximate surface area is 209 Å². The molecule has 2 aromatic heterocycles. The Morgan fingerprint density at radius 1 is 1.09 bits per heavy atom. The van der Waals surface area contributed by atoms with E-state index in [0.717, 1.165) is 36.7 Å². The van der Waals surface area contributed by atoms with Crippen molar-refractivity contribution in [2.75, 3.05) is 27.2 Å². The van der Waals surface area contributed by atoms with Gasteiger partial charge in [0.25, 0.3) is 0 Å². The van der Waals surface area contributed by atoms with E-state index in [9.17, 15) is 0 Å². The van der Waals surface area contributed by atoms with Crippen molar-refractivity contribution in [1.29, 1.82) is 0 Å². The summed E-state index contributed by atoms with van der Waals surface area (Å²) in [6.45, 7) is 10.9. The summed E-state index contributed by atoms with van der Waals surface area (Å²) < 4.78 is 2.44. The Morgan fingerprint density at radius 2 is 1.88 bits per heavy atom. The Bertz CT molecular complexity index is 1150. The Hall–Kier alpha value is -2.70. The van der Waals surface area contributed by atoms with Crippen molar-refractivity contribution in [3.8, 4) is 5.69 Å². The van der Waals surface area contributed by atoms with E-state index in [1.165, 1.54) is 33.8 Å². The predicted molar refractivity (Wildman–Crippen MR) is 145 cm³/mol. The quantitative estimate of drug-likeness (QED) is 0.448. The van der Waals surface area contributed by atoms with Gasteiger partial charge in [0, 0.05) is 24.1 Å². The molecule has 0 bridgehead atoms. The number of hydrogen-bond donors (Lipinski definition) is 1. The van der Waals surface area contributed by atoms with Crippen LogP contribution in [0.4, 0.5) is 0 Å². The molecule has 0 spiro atoms. The van der Waals surface area contributed by atoms with Gasteiger partial charge in [-0.05, 0) is 101 Å². The van der Waals surface area contributed by atoms with Crippen molar-refractivity contribution in [2.24, 2.45) is 0 Å². The molecule has 0 saturated carbocycles. The van der Waals surface area contributed by atoms with Gasteiger partial charge in [0.1, 0.15) is 0 Å². The van der Waals surface area contributed by atoms with Crippen molar-refractivity contribution in [2.45, 2.75) is 52.6 Å². The lowest BCUT2D eigenvalue weighted by Gasteiger charge is -2.28. The number of nitrogens with zero attached hydrogens (tertiary/aromatic N) is 4. The van der Waals surface area contributed by atoms with Gasteiger partial charge in [-0.25, -0.2) is 0 Å². The molecule has 1 aliphatic rings. The average molecular weight is 476 g/mol.